The lowest BCUT2D eigenvalue weighted by molar-refractivity contribution is -0.141. The molecule has 2 rings (SSSR count). The summed E-state index contributed by atoms with van der Waals surface area (Å²) in [7, 11) is 0. The van der Waals surface area contributed by atoms with Gasteiger partial charge in [-0.1, -0.05) is 24.3 Å². The Kier molecular flexibility index (Phi) is 4.31. The predicted octanol–water partition coefficient (Wildman–Crippen LogP) is 3.98. The van der Waals surface area contributed by atoms with Gasteiger partial charge in [0.2, 0.25) is 0 Å². The lowest BCUT2D eigenvalue weighted by Gasteiger charge is -2.09. The van der Waals surface area contributed by atoms with Crippen molar-refractivity contribution in [2.75, 3.05) is 0 Å². The fourth-order valence-corrected chi connectivity index (χ4v) is 1.79. The number of rotatable bonds is 2. The number of aromatic amines is 1. The molecule has 3 nitrogen and oxygen atoms in total. The average Bonchev–Trinajstić information content (AvgIpc) is 2.43. The minimum atomic E-state index is -4.83. The number of alkyl halides is 6. The molecule has 0 aliphatic rings. The lowest BCUT2D eigenvalue weighted by Crippen LogP contribution is -2.19. The zero-order valence-corrected chi connectivity index (χ0v) is 11.2. The van der Waals surface area contributed by atoms with Crippen LogP contribution in [0.5, 0.6) is 0 Å². The smallest absolute Gasteiger partial charge is 0.306 e. The van der Waals surface area contributed by atoms with E-state index < -0.39 is 29.3 Å². The number of nitrogens with one attached hydrogen (secondary N) is 1. The highest BCUT2D eigenvalue weighted by Gasteiger charge is 2.33. The van der Waals surface area contributed by atoms with E-state index in [0.717, 1.165) is 24.3 Å². The number of hydrogen-bond donors (Lipinski definition) is 1. The highest BCUT2D eigenvalue weighted by atomic mass is 19.4. The Morgan fingerprint density at radius 1 is 0.957 bits per heavy atom. The van der Waals surface area contributed by atoms with Crippen molar-refractivity contribution in [3.05, 3.63) is 63.3 Å². The van der Waals surface area contributed by atoms with Crippen molar-refractivity contribution >= 4 is 12.2 Å². The maximum Gasteiger partial charge on any atom is 0.433 e. The van der Waals surface area contributed by atoms with Crippen molar-refractivity contribution in [3.63, 3.8) is 0 Å². The highest BCUT2D eigenvalue weighted by molar-refractivity contribution is 5.70. The highest BCUT2D eigenvalue weighted by Crippen LogP contribution is 2.32. The van der Waals surface area contributed by atoms with Crippen LogP contribution in [0.4, 0.5) is 26.3 Å². The van der Waals surface area contributed by atoms with Gasteiger partial charge in [-0.25, -0.2) is 4.79 Å². The molecule has 0 fully saturated rings. The number of nitrogens with zero attached hydrogens (tertiary/aromatic N) is 1. The molecular formula is C14H8F6N2O. The topological polar surface area (TPSA) is 45.8 Å². The summed E-state index contributed by atoms with van der Waals surface area (Å²) >= 11 is 0. The molecule has 0 unspecified atom stereocenters. The van der Waals surface area contributed by atoms with E-state index in [1.54, 1.807) is 0 Å². The Morgan fingerprint density at radius 3 is 2.22 bits per heavy atom. The normalized spacial score (nSPS) is 12.8. The van der Waals surface area contributed by atoms with Gasteiger partial charge in [0.15, 0.2) is 5.69 Å². The second kappa shape index (κ2) is 5.90. The third kappa shape index (κ3) is 4.21. The Morgan fingerprint density at radius 2 is 1.61 bits per heavy atom. The molecular weight excluding hydrogens is 326 g/mol. The Hall–Kier alpha value is -2.58. The maximum absolute atomic E-state index is 12.8. The van der Waals surface area contributed by atoms with Crippen LogP contribution in [0.3, 0.4) is 0 Å². The first-order valence-corrected chi connectivity index (χ1v) is 6.10. The number of aromatic nitrogens is 2. The molecule has 1 N–H and O–H groups in total. The molecule has 0 atom stereocenters. The second-order valence-electron chi connectivity index (χ2n) is 4.44. The van der Waals surface area contributed by atoms with E-state index in [0.29, 0.717) is 6.07 Å². The van der Waals surface area contributed by atoms with Crippen LogP contribution >= 0.6 is 0 Å². The summed E-state index contributed by atoms with van der Waals surface area (Å²) in [5.74, 6) is 0. The summed E-state index contributed by atoms with van der Waals surface area (Å²) in [6, 6.07) is 5.08. The van der Waals surface area contributed by atoms with Crippen LogP contribution < -0.4 is 5.69 Å². The van der Waals surface area contributed by atoms with Gasteiger partial charge in [0.25, 0.3) is 0 Å². The molecule has 0 radical (unpaired) electrons. The molecule has 122 valence electrons. The minimum Gasteiger partial charge on any atom is -0.306 e. The Bertz CT molecular complexity index is 789. The first-order valence-electron chi connectivity index (χ1n) is 6.10. The van der Waals surface area contributed by atoms with Crippen LogP contribution in [0.15, 0.2) is 35.1 Å². The molecule has 0 aliphatic carbocycles. The molecule has 0 spiro atoms. The predicted molar refractivity (Wildman–Crippen MR) is 70.2 cm³/mol. The first-order chi connectivity index (χ1) is 10.6. The molecule has 23 heavy (non-hydrogen) atoms. The summed E-state index contributed by atoms with van der Waals surface area (Å²) in [6.45, 7) is 0. The summed E-state index contributed by atoms with van der Waals surface area (Å²) in [5, 5.41) is 0. The van der Waals surface area contributed by atoms with Gasteiger partial charge in [0.05, 0.1) is 5.56 Å². The quantitative estimate of drug-likeness (QED) is 0.845. The zero-order valence-electron chi connectivity index (χ0n) is 11.2. The van der Waals surface area contributed by atoms with Crippen LogP contribution in [-0.2, 0) is 12.4 Å². The number of benzene rings is 1. The summed E-state index contributed by atoms with van der Waals surface area (Å²) in [4.78, 5) is 15.9. The molecule has 9 heteroatoms. The van der Waals surface area contributed by atoms with Crippen molar-refractivity contribution in [3.8, 4) is 0 Å². The van der Waals surface area contributed by atoms with E-state index in [2.05, 4.69) is 4.98 Å². The third-order valence-electron chi connectivity index (χ3n) is 2.76. The van der Waals surface area contributed by atoms with E-state index in [4.69, 9.17) is 0 Å². The molecule has 0 saturated heterocycles. The SMILES string of the molecule is O=c1nc(C(F)(F)F)cc(/C=C/c2ccccc2C(F)(F)F)[nH]1. The van der Waals surface area contributed by atoms with Gasteiger partial charge >= 0.3 is 18.0 Å². The Balaban J connectivity index is 2.43. The van der Waals surface area contributed by atoms with Crippen molar-refractivity contribution in [1.82, 2.24) is 9.97 Å². The number of halogens is 6. The summed E-state index contributed by atoms with van der Waals surface area (Å²) in [6.07, 6.45) is -7.53. The van der Waals surface area contributed by atoms with Crippen LogP contribution in [0.25, 0.3) is 12.2 Å². The molecule has 2 aromatic rings. The van der Waals surface area contributed by atoms with Crippen LogP contribution in [0, 0.1) is 0 Å². The van der Waals surface area contributed by atoms with Crippen molar-refractivity contribution < 1.29 is 26.3 Å². The molecule has 0 bridgehead atoms. The maximum atomic E-state index is 12.8. The fourth-order valence-electron chi connectivity index (χ4n) is 1.79. The van der Waals surface area contributed by atoms with Crippen molar-refractivity contribution in [1.29, 1.82) is 0 Å². The number of H-pyrrole nitrogens is 1. The van der Waals surface area contributed by atoms with E-state index >= 15 is 0 Å². The third-order valence-corrected chi connectivity index (χ3v) is 2.76. The minimum absolute atomic E-state index is 0.244. The van der Waals surface area contributed by atoms with Gasteiger partial charge < -0.3 is 4.98 Å². The van der Waals surface area contributed by atoms with Gasteiger partial charge in [0.1, 0.15) is 0 Å². The molecule has 1 aromatic carbocycles. The summed E-state index contributed by atoms with van der Waals surface area (Å²) < 4.78 is 76.1. The van der Waals surface area contributed by atoms with Crippen molar-refractivity contribution in [2.45, 2.75) is 12.4 Å². The molecule has 1 aromatic heterocycles. The van der Waals surface area contributed by atoms with Crippen LogP contribution in [0.2, 0.25) is 0 Å². The molecule has 0 amide bonds. The van der Waals surface area contributed by atoms with Gasteiger partial charge in [-0.2, -0.15) is 31.3 Å². The number of hydrogen-bond acceptors (Lipinski definition) is 2. The monoisotopic (exact) mass is 334 g/mol. The van der Waals surface area contributed by atoms with E-state index in [9.17, 15) is 31.1 Å². The van der Waals surface area contributed by atoms with Crippen LogP contribution in [-0.4, -0.2) is 9.97 Å². The molecule has 0 aliphatic heterocycles. The second-order valence-corrected chi connectivity index (χ2v) is 4.44. The lowest BCUT2D eigenvalue weighted by atomic mass is 10.1. The Labute approximate surface area is 125 Å². The molecule has 1 heterocycles. The van der Waals surface area contributed by atoms with E-state index in [-0.39, 0.29) is 11.3 Å². The van der Waals surface area contributed by atoms with Gasteiger partial charge in [0, 0.05) is 5.69 Å². The largest absolute Gasteiger partial charge is 0.433 e. The first kappa shape index (κ1) is 16.8. The van der Waals surface area contributed by atoms with E-state index in [1.807, 2.05) is 4.98 Å². The van der Waals surface area contributed by atoms with Gasteiger partial charge in [-0.05, 0) is 23.8 Å². The van der Waals surface area contributed by atoms with E-state index in [1.165, 1.54) is 12.1 Å². The standard InChI is InChI=1S/C14H8F6N2O/c15-13(16,17)10-4-2-1-3-8(10)5-6-9-7-11(14(18,19)20)22-12(23)21-9/h1-7H,(H,21,22,23)/b6-5+. The van der Waals surface area contributed by atoms with Gasteiger partial charge in [-0.3, -0.25) is 0 Å². The molecule has 0 saturated carbocycles. The van der Waals surface area contributed by atoms with Crippen LogP contribution in [0.1, 0.15) is 22.5 Å². The summed E-state index contributed by atoms with van der Waals surface area (Å²) in [5.41, 5.74) is -4.17. The van der Waals surface area contributed by atoms with Gasteiger partial charge in [-0.15, -0.1) is 0 Å². The zero-order chi connectivity index (χ0) is 17.3. The fraction of sp³-hybridized carbons (Fsp3) is 0.143. The average molecular weight is 334 g/mol. The van der Waals surface area contributed by atoms with Crippen molar-refractivity contribution in [2.24, 2.45) is 0 Å².